The highest BCUT2D eigenvalue weighted by atomic mass is 16.3. The number of nitrogens with zero attached hydrogens (tertiary/aromatic N) is 1. The fourth-order valence-corrected chi connectivity index (χ4v) is 0.828. The molecule has 0 aliphatic heterocycles. The van der Waals surface area contributed by atoms with Gasteiger partial charge in [0.2, 0.25) is 5.91 Å². The van der Waals surface area contributed by atoms with Crippen LogP contribution in [0, 0.1) is 0 Å². The third-order valence-electron chi connectivity index (χ3n) is 1.76. The van der Waals surface area contributed by atoms with Crippen molar-refractivity contribution in [1.29, 1.82) is 0 Å². The van der Waals surface area contributed by atoms with Crippen molar-refractivity contribution in [3.63, 3.8) is 0 Å². The van der Waals surface area contributed by atoms with Crippen LogP contribution in [-0.4, -0.2) is 34.6 Å². The van der Waals surface area contributed by atoms with Crippen LogP contribution in [0.25, 0.3) is 0 Å². The van der Waals surface area contributed by atoms with Gasteiger partial charge in [0, 0.05) is 6.42 Å². The first-order valence-corrected chi connectivity index (χ1v) is 4.52. The molecular weight excluding hydrogens is 186 g/mol. The quantitative estimate of drug-likeness (QED) is 0.293. The first-order chi connectivity index (χ1) is 6.54. The van der Waals surface area contributed by atoms with E-state index in [0.717, 1.165) is 6.42 Å². The molecule has 0 radical (unpaired) electrons. The van der Waals surface area contributed by atoms with Gasteiger partial charge in [0.15, 0.2) is 0 Å². The van der Waals surface area contributed by atoms with Gasteiger partial charge < -0.3 is 10.8 Å². The molecule has 6 nitrogen and oxygen atoms in total. The Morgan fingerprint density at radius 1 is 1.50 bits per heavy atom. The van der Waals surface area contributed by atoms with Crippen LogP contribution in [0.4, 0.5) is 0 Å². The first-order valence-electron chi connectivity index (χ1n) is 4.52. The molecule has 0 aliphatic rings. The van der Waals surface area contributed by atoms with Crippen molar-refractivity contribution in [1.82, 2.24) is 5.01 Å². The maximum Gasteiger partial charge on any atom is 0.262 e. The summed E-state index contributed by atoms with van der Waals surface area (Å²) in [6.07, 6.45) is 1.74. The van der Waals surface area contributed by atoms with Gasteiger partial charge in [-0.15, -0.1) is 0 Å². The summed E-state index contributed by atoms with van der Waals surface area (Å²) in [5.74, 6) is 3.99. The second-order valence-corrected chi connectivity index (χ2v) is 2.99. The van der Waals surface area contributed by atoms with Crippen LogP contribution < -0.4 is 11.6 Å². The fraction of sp³-hybridized carbons (Fsp3) is 0.750. The monoisotopic (exact) mass is 203 g/mol. The minimum absolute atomic E-state index is 0.219. The van der Waals surface area contributed by atoms with Crippen LogP contribution in [0.2, 0.25) is 0 Å². The van der Waals surface area contributed by atoms with Crippen molar-refractivity contribution >= 4 is 11.8 Å². The molecule has 0 saturated carbocycles. The highest BCUT2D eigenvalue weighted by Gasteiger charge is 2.22. The van der Waals surface area contributed by atoms with Gasteiger partial charge in [-0.3, -0.25) is 9.59 Å². The van der Waals surface area contributed by atoms with E-state index in [0.29, 0.717) is 11.4 Å². The maximum atomic E-state index is 11.2. The number of hydrogen-bond acceptors (Lipinski definition) is 5. The van der Waals surface area contributed by atoms with Gasteiger partial charge in [-0.2, -0.15) is 0 Å². The first kappa shape index (κ1) is 13.0. The molecule has 0 saturated heterocycles. The molecule has 2 amide bonds. The molecule has 5 N–H and O–H groups in total. The largest absolute Gasteiger partial charge is 0.394 e. The SMILES string of the molecule is CCCCC(=O)N(N)C(=O)[C@H](N)CO. The number of unbranched alkanes of at least 4 members (excludes halogenated alkanes) is 1. The number of carbonyl (C=O) groups is 2. The molecule has 0 heterocycles. The standard InChI is InChI=1S/C8H17N3O3/c1-2-3-4-7(13)11(10)8(14)6(9)5-12/h6,12H,2-5,9-10H2,1H3/t6-/m1/s1. The second kappa shape index (κ2) is 6.47. The lowest BCUT2D eigenvalue weighted by Crippen LogP contribution is -2.51. The second-order valence-electron chi connectivity index (χ2n) is 2.99. The van der Waals surface area contributed by atoms with E-state index in [4.69, 9.17) is 16.7 Å². The van der Waals surface area contributed by atoms with Crippen LogP contribution >= 0.6 is 0 Å². The summed E-state index contributed by atoms with van der Waals surface area (Å²) in [7, 11) is 0. The summed E-state index contributed by atoms with van der Waals surface area (Å²) in [6.45, 7) is 1.41. The number of imide groups is 1. The Balaban J connectivity index is 4.10. The summed E-state index contributed by atoms with van der Waals surface area (Å²) < 4.78 is 0. The number of nitrogens with two attached hydrogens (primary N) is 2. The predicted molar refractivity (Wildman–Crippen MR) is 50.6 cm³/mol. The highest BCUT2D eigenvalue weighted by Crippen LogP contribution is 1.98. The third-order valence-corrected chi connectivity index (χ3v) is 1.76. The molecule has 14 heavy (non-hydrogen) atoms. The Morgan fingerprint density at radius 3 is 2.50 bits per heavy atom. The smallest absolute Gasteiger partial charge is 0.262 e. The van der Waals surface area contributed by atoms with Crippen LogP contribution in [0.5, 0.6) is 0 Å². The van der Waals surface area contributed by atoms with Gasteiger partial charge in [0.25, 0.3) is 5.91 Å². The van der Waals surface area contributed by atoms with E-state index >= 15 is 0 Å². The Morgan fingerprint density at radius 2 is 2.07 bits per heavy atom. The van der Waals surface area contributed by atoms with E-state index in [-0.39, 0.29) is 6.42 Å². The Labute approximate surface area is 82.8 Å². The van der Waals surface area contributed by atoms with Crippen LogP contribution in [-0.2, 0) is 9.59 Å². The van der Waals surface area contributed by atoms with E-state index in [1.54, 1.807) is 0 Å². The number of aliphatic hydroxyl groups excluding tert-OH is 1. The zero-order chi connectivity index (χ0) is 11.1. The molecule has 0 aromatic rings. The van der Waals surface area contributed by atoms with Gasteiger partial charge in [0.05, 0.1) is 6.61 Å². The van der Waals surface area contributed by atoms with E-state index in [1.807, 2.05) is 6.92 Å². The van der Waals surface area contributed by atoms with Gasteiger partial charge in [-0.05, 0) is 6.42 Å². The van der Waals surface area contributed by atoms with Crippen LogP contribution in [0.1, 0.15) is 26.2 Å². The lowest BCUT2D eigenvalue weighted by Gasteiger charge is -2.17. The molecule has 82 valence electrons. The van der Waals surface area contributed by atoms with E-state index in [1.165, 1.54) is 0 Å². The summed E-state index contributed by atoms with van der Waals surface area (Å²) >= 11 is 0. The molecule has 1 atom stereocenters. The van der Waals surface area contributed by atoms with Gasteiger partial charge >= 0.3 is 0 Å². The molecular formula is C8H17N3O3. The van der Waals surface area contributed by atoms with Crippen molar-refractivity contribution in [2.45, 2.75) is 32.2 Å². The minimum atomic E-state index is -1.12. The zero-order valence-corrected chi connectivity index (χ0v) is 8.27. The normalized spacial score (nSPS) is 12.3. The Bertz CT molecular complexity index is 208. The third kappa shape index (κ3) is 3.82. The molecule has 0 fully saturated rings. The summed E-state index contributed by atoms with van der Waals surface area (Å²) in [5.41, 5.74) is 5.21. The number of rotatable bonds is 5. The summed E-state index contributed by atoms with van der Waals surface area (Å²) in [4.78, 5) is 22.4. The number of amides is 2. The Hall–Kier alpha value is -0.980. The van der Waals surface area contributed by atoms with E-state index in [2.05, 4.69) is 0 Å². The fourth-order valence-electron chi connectivity index (χ4n) is 0.828. The minimum Gasteiger partial charge on any atom is -0.394 e. The zero-order valence-electron chi connectivity index (χ0n) is 8.27. The highest BCUT2D eigenvalue weighted by molar-refractivity contribution is 5.96. The average molecular weight is 203 g/mol. The van der Waals surface area contributed by atoms with Gasteiger partial charge in [-0.25, -0.2) is 10.9 Å². The topological polar surface area (TPSA) is 110 Å². The van der Waals surface area contributed by atoms with Crippen LogP contribution in [0.15, 0.2) is 0 Å². The molecule has 0 rings (SSSR count). The summed E-state index contributed by atoms with van der Waals surface area (Å²) in [6, 6.07) is -1.12. The number of hydrazine groups is 1. The Kier molecular flexibility index (Phi) is 6.02. The molecule has 6 heteroatoms. The molecule has 0 aromatic heterocycles. The summed E-state index contributed by atoms with van der Waals surface area (Å²) in [5, 5.41) is 9.06. The molecule has 0 aromatic carbocycles. The van der Waals surface area contributed by atoms with Crippen molar-refractivity contribution in [2.24, 2.45) is 11.6 Å². The van der Waals surface area contributed by atoms with Crippen molar-refractivity contribution in [2.75, 3.05) is 6.61 Å². The molecule has 0 unspecified atom stereocenters. The maximum absolute atomic E-state index is 11.2. The van der Waals surface area contributed by atoms with Crippen molar-refractivity contribution in [3.8, 4) is 0 Å². The lowest BCUT2D eigenvalue weighted by atomic mass is 10.2. The van der Waals surface area contributed by atoms with Gasteiger partial charge in [0.1, 0.15) is 6.04 Å². The van der Waals surface area contributed by atoms with Gasteiger partial charge in [-0.1, -0.05) is 13.3 Å². The average Bonchev–Trinajstić information content (AvgIpc) is 2.22. The number of carbonyl (C=O) groups excluding carboxylic acids is 2. The molecule has 0 aliphatic carbocycles. The van der Waals surface area contributed by atoms with Crippen LogP contribution in [0.3, 0.4) is 0 Å². The lowest BCUT2D eigenvalue weighted by molar-refractivity contribution is -0.146. The molecule has 0 spiro atoms. The van der Waals surface area contributed by atoms with Crippen molar-refractivity contribution < 1.29 is 14.7 Å². The van der Waals surface area contributed by atoms with E-state index in [9.17, 15) is 9.59 Å². The van der Waals surface area contributed by atoms with E-state index < -0.39 is 24.5 Å². The van der Waals surface area contributed by atoms with Crippen molar-refractivity contribution in [3.05, 3.63) is 0 Å². The number of aliphatic hydroxyl groups is 1. The number of hydrogen-bond donors (Lipinski definition) is 3. The molecule has 0 bridgehead atoms. The predicted octanol–water partition coefficient (Wildman–Crippen LogP) is -1.27.